The highest BCUT2D eigenvalue weighted by molar-refractivity contribution is 5.71. The third-order valence-electron chi connectivity index (χ3n) is 10.6. The minimum atomic E-state index is -0.831. The van der Waals surface area contributed by atoms with Crippen LogP contribution < -0.4 is 0 Å². The second-order valence-corrected chi connectivity index (χ2v) is 16.8. The molecule has 65 heavy (non-hydrogen) atoms. The number of esters is 3. The summed E-state index contributed by atoms with van der Waals surface area (Å²) in [7, 11) is 0. The van der Waals surface area contributed by atoms with E-state index in [1.54, 1.807) is 0 Å². The molecule has 0 fully saturated rings. The van der Waals surface area contributed by atoms with E-state index in [0.717, 1.165) is 70.6 Å². The summed E-state index contributed by atoms with van der Waals surface area (Å²) in [6, 6.07) is 0. The first-order valence-corrected chi connectivity index (χ1v) is 26.1. The number of hydrogen-bond donors (Lipinski definition) is 0. The molecule has 1 unspecified atom stereocenters. The normalized spacial score (nSPS) is 13.1. The standard InChI is InChI=1S/C59H94O6/c1-4-7-10-13-16-19-22-25-27-29-31-34-37-40-43-46-49-52-58(61)64-55-56(54-63-57(60)51-48-45-42-39-36-33-24-21-18-15-12-9-6-3)65-59(62)53-50-47-44-41-38-35-32-30-28-26-23-20-17-14-11-8-5-2/h7,9-10,12,15-16,18-19,21,24-25,27,31,33-34,36,39-40,42-43,56H,4-6,8,11,13-14,17,20,22-23,26,28-30,32,35,37-38,41,44-55H2,1-3H3/b10-7-,12-9-,18-15-,19-16-,24-21-,27-25-,34-31-,36-33-,42-39-,43-40-. The van der Waals surface area contributed by atoms with Crippen molar-refractivity contribution in [3.05, 3.63) is 122 Å². The summed E-state index contributed by atoms with van der Waals surface area (Å²) < 4.78 is 16.7. The van der Waals surface area contributed by atoms with Gasteiger partial charge in [0.25, 0.3) is 0 Å². The van der Waals surface area contributed by atoms with Gasteiger partial charge in [0.2, 0.25) is 0 Å². The molecule has 0 N–H and O–H groups in total. The van der Waals surface area contributed by atoms with E-state index in [2.05, 4.69) is 87.6 Å². The molecule has 0 heterocycles. The second kappa shape index (κ2) is 52.4. The number of carbonyl (C=O) groups is 3. The molecule has 0 aromatic rings. The molecule has 0 rings (SSSR count). The SMILES string of the molecule is CC\C=C/C=C\C=C/C=C\C=C/CCCC(=O)OCC(COC(=O)CCC/C=C\C/C=C\C/C=C\C/C=C\C/C=C\CC)OC(=O)CCCCCCCCCCCCCCCCCCC. The van der Waals surface area contributed by atoms with Crippen molar-refractivity contribution in [1.29, 1.82) is 0 Å². The van der Waals surface area contributed by atoms with Crippen LogP contribution >= 0.6 is 0 Å². The number of rotatable bonds is 45. The van der Waals surface area contributed by atoms with Gasteiger partial charge in [-0.15, -0.1) is 0 Å². The van der Waals surface area contributed by atoms with Crippen molar-refractivity contribution in [1.82, 2.24) is 0 Å². The molecule has 0 aromatic carbocycles. The van der Waals surface area contributed by atoms with Gasteiger partial charge in [0.15, 0.2) is 6.10 Å². The van der Waals surface area contributed by atoms with Crippen molar-refractivity contribution >= 4 is 17.9 Å². The monoisotopic (exact) mass is 899 g/mol. The first-order valence-electron chi connectivity index (χ1n) is 26.1. The first kappa shape index (κ1) is 60.8. The van der Waals surface area contributed by atoms with Crippen molar-refractivity contribution in [2.24, 2.45) is 0 Å². The van der Waals surface area contributed by atoms with Crippen LogP contribution in [0.2, 0.25) is 0 Å². The molecule has 0 aliphatic carbocycles. The fourth-order valence-corrected chi connectivity index (χ4v) is 6.74. The Morgan fingerprint density at radius 2 is 0.677 bits per heavy atom. The van der Waals surface area contributed by atoms with Crippen LogP contribution in [-0.2, 0) is 28.6 Å². The predicted octanol–water partition coefficient (Wildman–Crippen LogP) is 17.3. The van der Waals surface area contributed by atoms with Gasteiger partial charge in [-0.3, -0.25) is 14.4 Å². The van der Waals surface area contributed by atoms with Crippen LogP contribution in [0, 0.1) is 0 Å². The Hall–Kier alpha value is -4.19. The number of carbonyl (C=O) groups excluding carboxylic acids is 3. The molecule has 0 amide bonds. The number of ether oxygens (including phenoxy) is 3. The lowest BCUT2D eigenvalue weighted by molar-refractivity contribution is -0.167. The predicted molar refractivity (Wildman–Crippen MR) is 279 cm³/mol. The molecular formula is C59H94O6. The highest BCUT2D eigenvalue weighted by atomic mass is 16.6. The van der Waals surface area contributed by atoms with E-state index < -0.39 is 6.10 Å². The zero-order valence-corrected chi connectivity index (χ0v) is 41.7. The maximum atomic E-state index is 12.8. The van der Waals surface area contributed by atoms with E-state index in [4.69, 9.17) is 14.2 Å². The summed E-state index contributed by atoms with van der Waals surface area (Å²) in [5.74, 6) is -1.06. The van der Waals surface area contributed by atoms with Gasteiger partial charge in [0.1, 0.15) is 13.2 Å². The average molecular weight is 899 g/mol. The summed E-state index contributed by atoms with van der Waals surface area (Å²) in [5.41, 5.74) is 0. The van der Waals surface area contributed by atoms with Crippen LogP contribution in [0.1, 0.15) is 213 Å². The van der Waals surface area contributed by atoms with Crippen LogP contribution in [0.3, 0.4) is 0 Å². The van der Waals surface area contributed by atoms with Crippen molar-refractivity contribution in [2.45, 2.75) is 219 Å². The average Bonchev–Trinajstić information content (AvgIpc) is 3.30. The molecule has 1 atom stereocenters. The van der Waals surface area contributed by atoms with Crippen LogP contribution in [0.5, 0.6) is 0 Å². The molecule has 0 bridgehead atoms. The van der Waals surface area contributed by atoms with Crippen molar-refractivity contribution in [2.75, 3.05) is 13.2 Å². The van der Waals surface area contributed by atoms with E-state index in [9.17, 15) is 14.4 Å². The van der Waals surface area contributed by atoms with E-state index in [0.29, 0.717) is 19.3 Å². The number of hydrogen-bond acceptors (Lipinski definition) is 6. The van der Waals surface area contributed by atoms with Crippen LogP contribution in [-0.4, -0.2) is 37.2 Å². The lowest BCUT2D eigenvalue weighted by atomic mass is 10.0. The maximum absolute atomic E-state index is 12.8. The van der Waals surface area contributed by atoms with Gasteiger partial charge < -0.3 is 14.2 Å². The van der Waals surface area contributed by atoms with Gasteiger partial charge in [-0.25, -0.2) is 0 Å². The molecule has 0 aliphatic rings. The molecule has 6 heteroatoms. The first-order chi connectivity index (χ1) is 32.0. The molecule has 6 nitrogen and oxygen atoms in total. The molecular weight excluding hydrogens is 805 g/mol. The summed E-state index contributed by atoms with van der Waals surface area (Å²) in [5, 5.41) is 0. The largest absolute Gasteiger partial charge is 0.462 e. The van der Waals surface area contributed by atoms with Crippen LogP contribution in [0.4, 0.5) is 0 Å². The minimum Gasteiger partial charge on any atom is -0.462 e. The van der Waals surface area contributed by atoms with Gasteiger partial charge in [0.05, 0.1) is 0 Å². The van der Waals surface area contributed by atoms with E-state index in [1.165, 1.54) is 89.9 Å². The van der Waals surface area contributed by atoms with E-state index in [-0.39, 0.29) is 44.0 Å². The Morgan fingerprint density at radius 1 is 0.338 bits per heavy atom. The van der Waals surface area contributed by atoms with E-state index in [1.807, 2.05) is 54.7 Å². The highest BCUT2D eigenvalue weighted by Crippen LogP contribution is 2.15. The Bertz CT molecular complexity index is 1400. The zero-order chi connectivity index (χ0) is 47.2. The van der Waals surface area contributed by atoms with Crippen molar-refractivity contribution < 1.29 is 28.6 Å². The summed E-state index contributed by atoms with van der Waals surface area (Å²) >= 11 is 0. The third kappa shape index (κ3) is 50.7. The zero-order valence-electron chi connectivity index (χ0n) is 41.7. The third-order valence-corrected chi connectivity index (χ3v) is 10.6. The molecule has 0 spiro atoms. The molecule has 0 aromatic heterocycles. The minimum absolute atomic E-state index is 0.132. The van der Waals surface area contributed by atoms with Crippen molar-refractivity contribution in [3.63, 3.8) is 0 Å². The lowest BCUT2D eigenvalue weighted by Crippen LogP contribution is -2.30. The Balaban J connectivity index is 4.56. The van der Waals surface area contributed by atoms with Crippen LogP contribution in [0.15, 0.2) is 122 Å². The molecule has 0 aliphatic heterocycles. The molecule has 0 radical (unpaired) electrons. The fourth-order valence-electron chi connectivity index (χ4n) is 6.74. The van der Waals surface area contributed by atoms with Gasteiger partial charge >= 0.3 is 17.9 Å². The molecule has 366 valence electrons. The quantitative estimate of drug-likeness (QED) is 0.0199. The van der Waals surface area contributed by atoms with Crippen LogP contribution in [0.25, 0.3) is 0 Å². The van der Waals surface area contributed by atoms with Gasteiger partial charge in [0, 0.05) is 19.3 Å². The highest BCUT2D eigenvalue weighted by Gasteiger charge is 2.19. The summed E-state index contributed by atoms with van der Waals surface area (Å²) in [4.78, 5) is 38.0. The Kier molecular flexibility index (Phi) is 49.1. The lowest BCUT2D eigenvalue weighted by Gasteiger charge is -2.18. The summed E-state index contributed by atoms with van der Waals surface area (Å²) in [6.45, 7) is 6.26. The topological polar surface area (TPSA) is 78.9 Å². The fraction of sp³-hybridized carbons (Fsp3) is 0.610. The van der Waals surface area contributed by atoms with Gasteiger partial charge in [-0.2, -0.15) is 0 Å². The van der Waals surface area contributed by atoms with Crippen molar-refractivity contribution in [3.8, 4) is 0 Å². The second-order valence-electron chi connectivity index (χ2n) is 16.8. The number of unbranched alkanes of at least 4 members (excludes halogenated alkanes) is 18. The number of allylic oxidation sites excluding steroid dienone is 20. The maximum Gasteiger partial charge on any atom is 0.306 e. The van der Waals surface area contributed by atoms with Gasteiger partial charge in [-0.1, -0.05) is 245 Å². The summed E-state index contributed by atoms with van der Waals surface area (Å²) in [6.07, 6.45) is 72.0. The molecule has 0 saturated carbocycles. The van der Waals surface area contributed by atoms with E-state index >= 15 is 0 Å². The van der Waals surface area contributed by atoms with Gasteiger partial charge in [-0.05, 0) is 70.6 Å². The Labute approximate surface area is 399 Å². The molecule has 0 saturated heterocycles. The Morgan fingerprint density at radius 3 is 1.11 bits per heavy atom. The smallest absolute Gasteiger partial charge is 0.306 e.